The van der Waals surface area contributed by atoms with E-state index < -0.39 is 8.32 Å². The van der Waals surface area contributed by atoms with E-state index >= 15 is 0 Å². The van der Waals surface area contributed by atoms with Crippen LogP contribution in [0.4, 0.5) is 5.82 Å². The molecule has 1 atom stereocenters. The lowest BCUT2D eigenvalue weighted by molar-refractivity contribution is 0.490. The summed E-state index contributed by atoms with van der Waals surface area (Å²) in [6.45, 7) is 11.1. The van der Waals surface area contributed by atoms with Crippen LogP contribution in [0.3, 0.4) is 0 Å². The minimum Gasteiger partial charge on any atom is -0.542 e. The standard InChI is InChI=1S/C27H29Cl2N3OSi/c1-27(2,3)34(4,5)33-25-19(14-13-17-9-7-15-31-24(17)25)22(20-11-8-16-32-26(20)30)18-10-6-12-21(28)23(18)29/h6-16,22H,1-5H3,(H2,30,32). The summed E-state index contributed by atoms with van der Waals surface area (Å²) in [6, 6.07) is 17.6. The fourth-order valence-electron chi connectivity index (χ4n) is 3.80. The molecular weight excluding hydrogens is 481 g/mol. The van der Waals surface area contributed by atoms with E-state index in [9.17, 15) is 0 Å². The van der Waals surface area contributed by atoms with Gasteiger partial charge in [-0.15, -0.1) is 0 Å². The molecule has 0 amide bonds. The van der Waals surface area contributed by atoms with Crippen molar-refractivity contribution in [3.63, 3.8) is 0 Å². The first-order chi connectivity index (χ1) is 16.0. The average Bonchev–Trinajstić information content (AvgIpc) is 2.78. The van der Waals surface area contributed by atoms with Gasteiger partial charge in [0.1, 0.15) is 17.1 Å². The smallest absolute Gasteiger partial charge is 0.250 e. The Morgan fingerprint density at radius 1 is 0.853 bits per heavy atom. The molecule has 0 radical (unpaired) electrons. The van der Waals surface area contributed by atoms with Gasteiger partial charge in [0.25, 0.3) is 8.32 Å². The summed E-state index contributed by atoms with van der Waals surface area (Å²) < 4.78 is 6.98. The molecule has 1 unspecified atom stereocenters. The molecule has 0 fully saturated rings. The molecule has 2 aromatic heterocycles. The van der Waals surface area contributed by atoms with Gasteiger partial charge in [-0.2, -0.15) is 0 Å². The largest absolute Gasteiger partial charge is 0.542 e. The SMILES string of the molecule is CC(C)(C)[Si](C)(C)Oc1c(C(c2cccnc2N)c2cccc(Cl)c2Cl)ccc2cccnc12. The fourth-order valence-corrected chi connectivity index (χ4v) is 5.24. The third-order valence-electron chi connectivity index (χ3n) is 6.71. The second-order valence-electron chi connectivity index (χ2n) is 9.98. The molecule has 0 saturated carbocycles. The number of rotatable bonds is 5. The van der Waals surface area contributed by atoms with Crippen molar-refractivity contribution in [1.29, 1.82) is 0 Å². The Bertz CT molecular complexity index is 1350. The molecule has 4 rings (SSSR count). The summed E-state index contributed by atoms with van der Waals surface area (Å²) in [6.07, 6.45) is 3.48. The number of fused-ring (bicyclic) bond motifs is 1. The van der Waals surface area contributed by atoms with Gasteiger partial charge in [-0.05, 0) is 41.9 Å². The Hall–Kier alpha value is -2.60. The van der Waals surface area contributed by atoms with E-state index in [0.717, 1.165) is 33.3 Å². The van der Waals surface area contributed by atoms with Crippen LogP contribution < -0.4 is 10.2 Å². The van der Waals surface area contributed by atoms with Crippen LogP contribution in [0, 0.1) is 0 Å². The maximum Gasteiger partial charge on any atom is 0.250 e. The van der Waals surface area contributed by atoms with E-state index in [1.807, 2.05) is 36.4 Å². The highest BCUT2D eigenvalue weighted by atomic mass is 35.5. The minimum absolute atomic E-state index is 0.00224. The van der Waals surface area contributed by atoms with Crippen molar-refractivity contribution in [2.75, 3.05) is 5.73 Å². The number of aromatic nitrogens is 2. The lowest BCUT2D eigenvalue weighted by Gasteiger charge is -2.38. The molecule has 34 heavy (non-hydrogen) atoms. The minimum atomic E-state index is -2.23. The van der Waals surface area contributed by atoms with E-state index in [2.05, 4.69) is 51.0 Å². The summed E-state index contributed by atoms with van der Waals surface area (Å²) in [5.74, 6) is 0.850. The number of hydrogen-bond acceptors (Lipinski definition) is 4. The van der Waals surface area contributed by atoms with E-state index in [4.69, 9.17) is 38.3 Å². The van der Waals surface area contributed by atoms with E-state index in [-0.39, 0.29) is 11.0 Å². The van der Waals surface area contributed by atoms with Gasteiger partial charge in [-0.3, -0.25) is 4.98 Å². The van der Waals surface area contributed by atoms with Crippen molar-refractivity contribution < 1.29 is 4.43 Å². The summed E-state index contributed by atoms with van der Waals surface area (Å²) in [7, 11) is -2.23. The van der Waals surface area contributed by atoms with Gasteiger partial charge >= 0.3 is 0 Å². The van der Waals surface area contributed by atoms with Crippen molar-refractivity contribution in [2.45, 2.75) is 44.8 Å². The molecular formula is C27H29Cl2N3OSi. The third-order valence-corrected chi connectivity index (χ3v) is 11.9. The van der Waals surface area contributed by atoms with Crippen LogP contribution >= 0.6 is 23.2 Å². The summed E-state index contributed by atoms with van der Waals surface area (Å²) in [4.78, 5) is 9.09. The number of benzene rings is 2. The Morgan fingerprint density at radius 2 is 1.53 bits per heavy atom. The van der Waals surface area contributed by atoms with Crippen LogP contribution in [0.2, 0.25) is 28.2 Å². The maximum atomic E-state index is 6.98. The van der Waals surface area contributed by atoms with Gasteiger partial charge in [-0.25, -0.2) is 4.98 Å². The molecule has 2 heterocycles. The van der Waals surface area contributed by atoms with Crippen molar-refractivity contribution >= 4 is 48.2 Å². The molecule has 0 aliphatic rings. The van der Waals surface area contributed by atoms with Crippen LogP contribution in [0.25, 0.3) is 10.9 Å². The predicted octanol–water partition coefficient (Wildman–Crippen LogP) is 8.08. The molecule has 0 aliphatic heterocycles. The highest BCUT2D eigenvalue weighted by Crippen LogP contribution is 2.47. The van der Waals surface area contributed by atoms with Crippen molar-refractivity contribution in [2.24, 2.45) is 0 Å². The van der Waals surface area contributed by atoms with E-state index in [1.165, 1.54) is 0 Å². The van der Waals surface area contributed by atoms with Gasteiger partial charge in [0.2, 0.25) is 0 Å². The first-order valence-electron chi connectivity index (χ1n) is 11.2. The number of anilines is 1. The Morgan fingerprint density at radius 3 is 2.24 bits per heavy atom. The zero-order chi connectivity index (χ0) is 24.7. The van der Waals surface area contributed by atoms with E-state index in [0.29, 0.717) is 15.9 Å². The third kappa shape index (κ3) is 4.52. The quantitative estimate of drug-likeness (QED) is 0.276. The van der Waals surface area contributed by atoms with Gasteiger partial charge in [0.05, 0.1) is 10.0 Å². The van der Waals surface area contributed by atoms with Crippen LogP contribution in [0.1, 0.15) is 43.4 Å². The van der Waals surface area contributed by atoms with Gasteiger partial charge in [-0.1, -0.05) is 80.4 Å². The number of nitrogens with zero attached hydrogens (tertiary/aromatic N) is 2. The molecule has 0 bridgehead atoms. The normalized spacial score (nSPS) is 13.1. The van der Waals surface area contributed by atoms with Crippen LogP contribution in [0.15, 0.2) is 67.0 Å². The molecule has 0 aliphatic carbocycles. The molecule has 176 valence electrons. The first kappa shape index (κ1) is 24.5. The zero-order valence-electron chi connectivity index (χ0n) is 20.1. The molecule has 7 heteroatoms. The number of nitrogens with two attached hydrogens (primary N) is 1. The number of halogens is 2. The summed E-state index contributed by atoms with van der Waals surface area (Å²) >= 11 is 13.2. The highest BCUT2D eigenvalue weighted by molar-refractivity contribution is 6.74. The molecule has 2 N–H and O–H groups in total. The number of nitrogen functional groups attached to an aromatic ring is 1. The second-order valence-corrected chi connectivity index (χ2v) is 15.5. The molecule has 2 aromatic carbocycles. The van der Waals surface area contributed by atoms with Crippen LogP contribution in [-0.4, -0.2) is 18.3 Å². The Labute approximate surface area is 212 Å². The van der Waals surface area contributed by atoms with Crippen molar-refractivity contribution in [1.82, 2.24) is 9.97 Å². The first-order valence-corrected chi connectivity index (χ1v) is 14.9. The Balaban J connectivity index is 2.07. The molecule has 4 nitrogen and oxygen atoms in total. The van der Waals surface area contributed by atoms with Crippen LogP contribution in [0.5, 0.6) is 5.75 Å². The highest BCUT2D eigenvalue weighted by Gasteiger charge is 2.40. The molecule has 0 saturated heterocycles. The lowest BCUT2D eigenvalue weighted by atomic mass is 9.84. The summed E-state index contributed by atoms with van der Waals surface area (Å²) in [5, 5.41) is 1.97. The molecule has 4 aromatic rings. The summed E-state index contributed by atoms with van der Waals surface area (Å²) in [5.41, 5.74) is 9.83. The Kier molecular flexibility index (Phi) is 6.64. The fraction of sp³-hybridized carbons (Fsp3) is 0.259. The van der Waals surface area contributed by atoms with Crippen LogP contribution in [-0.2, 0) is 0 Å². The van der Waals surface area contributed by atoms with Gasteiger partial charge < -0.3 is 10.2 Å². The van der Waals surface area contributed by atoms with Gasteiger partial charge in [0.15, 0.2) is 0 Å². The monoisotopic (exact) mass is 509 g/mol. The van der Waals surface area contributed by atoms with E-state index in [1.54, 1.807) is 18.5 Å². The predicted molar refractivity (Wildman–Crippen MR) is 146 cm³/mol. The van der Waals surface area contributed by atoms with Crippen molar-refractivity contribution in [3.8, 4) is 5.75 Å². The second kappa shape index (κ2) is 9.21. The average molecular weight is 511 g/mol. The topological polar surface area (TPSA) is 61.0 Å². The number of hydrogen-bond donors (Lipinski definition) is 1. The zero-order valence-corrected chi connectivity index (χ0v) is 22.6. The number of pyridine rings is 2. The van der Waals surface area contributed by atoms with Crippen molar-refractivity contribution in [3.05, 3.63) is 93.7 Å². The lowest BCUT2D eigenvalue weighted by Crippen LogP contribution is -2.44. The molecule has 0 spiro atoms. The maximum absolute atomic E-state index is 6.98. The van der Waals surface area contributed by atoms with Gasteiger partial charge in [0, 0.05) is 34.8 Å².